The van der Waals surface area contributed by atoms with Gasteiger partial charge in [-0.3, -0.25) is 0 Å². The van der Waals surface area contributed by atoms with Crippen molar-refractivity contribution >= 4 is 12.6 Å². The lowest BCUT2D eigenvalue weighted by molar-refractivity contribution is 1.04. The standard InChI is InChI=1S/C13H19NS/c1-4-7-9-13(8-5-2)14-12(6-3)10-11-15/h4-11,14-15H,1-3H3/b7-4-,8-5-,11-10-,12-6+,13-9+. The molecule has 0 saturated carbocycles. The summed E-state index contributed by atoms with van der Waals surface area (Å²) in [7, 11) is 0. The Kier molecular flexibility index (Phi) is 8.69. The summed E-state index contributed by atoms with van der Waals surface area (Å²) in [4.78, 5) is 0. The third kappa shape index (κ3) is 6.86. The molecule has 82 valence electrons. The van der Waals surface area contributed by atoms with Crippen LogP contribution in [-0.4, -0.2) is 0 Å². The van der Waals surface area contributed by atoms with Gasteiger partial charge in [0, 0.05) is 11.4 Å². The first-order valence-electron chi connectivity index (χ1n) is 4.98. The highest BCUT2D eigenvalue weighted by Crippen LogP contribution is 2.01. The Morgan fingerprint density at radius 2 is 1.73 bits per heavy atom. The summed E-state index contributed by atoms with van der Waals surface area (Å²) in [6.07, 6.45) is 14.0. The molecule has 0 atom stereocenters. The molecule has 0 aliphatic carbocycles. The zero-order valence-corrected chi connectivity index (χ0v) is 10.5. The van der Waals surface area contributed by atoms with E-state index >= 15 is 0 Å². The molecule has 0 rings (SSSR count). The monoisotopic (exact) mass is 221 g/mol. The number of nitrogens with one attached hydrogen (secondary N) is 1. The Bertz CT molecular complexity index is 306. The molecule has 0 aromatic rings. The second-order valence-corrected chi connectivity index (χ2v) is 3.13. The molecule has 0 heterocycles. The van der Waals surface area contributed by atoms with E-state index in [1.54, 1.807) is 5.41 Å². The van der Waals surface area contributed by atoms with Gasteiger partial charge >= 0.3 is 0 Å². The Labute approximate surface area is 98.4 Å². The molecule has 0 aliphatic rings. The van der Waals surface area contributed by atoms with Crippen molar-refractivity contribution in [3.63, 3.8) is 0 Å². The van der Waals surface area contributed by atoms with Crippen molar-refractivity contribution in [2.45, 2.75) is 20.8 Å². The van der Waals surface area contributed by atoms with Crippen LogP contribution in [0.5, 0.6) is 0 Å². The molecule has 0 aliphatic heterocycles. The van der Waals surface area contributed by atoms with Gasteiger partial charge in [0.15, 0.2) is 0 Å². The van der Waals surface area contributed by atoms with E-state index in [9.17, 15) is 0 Å². The summed E-state index contributed by atoms with van der Waals surface area (Å²) in [6.45, 7) is 5.97. The van der Waals surface area contributed by atoms with Crippen molar-refractivity contribution in [3.05, 3.63) is 59.3 Å². The molecule has 0 aromatic carbocycles. The van der Waals surface area contributed by atoms with Gasteiger partial charge in [-0.15, -0.1) is 0 Å². The topological polar surface area (TPSA) is 12.0 Å². The number of hydrogen-bond donors (Lipinski definition) is 2. The molecule has 0 saturated heterocycles. The quantitative estimate of drug-likeness (QED) is 0.529. The minimum atomic E-state index is 1.03. The Morgan fingerprint density at radius 3 is 2.20 bits per heavy atom. The van der Waals surface area contributed by atoms with E-state index in [-0.39, 0.29) is 0 Å². The highest BCUT2D eigenvalue weighted by atomic mass is 32.1. The fourth-order valence-corrected chi connectivity index (χ4v) is 1.14. The summed E-state index contributed by atoms with van der Waals surface area (Å²) >= 11 is 4.05. The average Bonchev–Trinajstić information content (AvgIpc) is 2.25. The summed E-state index contributed by atoms with van der Waals surface area (Å²) in [5.41, 5.74) is 2.08. The fraction of sp³-hybridized carbons (Fsp3) is 0.231. The maximum atomic E-state index is 4.05. The number of thiol groups is 1. The van der Waals surface area contributed by atoms with E-state index < -0.39 is 0 Å². The molecule has 1 N–H and O–H groups in total. The van der Waals surface area contributed by atoms with Gasteiger partial charge in [-0.1, -0.05) is 24.3 Å². The van der Waals surface area contributed by atoms with Crippen molar-refractivity contribution in [1.82, 2.24) is 5.32 Å². The molecular formula is C13H19NS. The van der Waals surface area contributed by atoms with Crippen LogP contribution in [0, 0.1) is 0 Å². The van der Waals surface area contributed by atoms with Gasteiger partial charge in [0.1, 0.15) is 0 Å². The molecule has 0 amide bonds. The zero-order valence-electron chi connectivity index (χ0n) is 9.57. The molecule has 0 fully saturated rings. The van der Waals surface area contributed by atoms with E-state index in [1.807, 2.05) is 63.3 Å². The smallest absolute Gasteiger partial charge is 0.0380 e. The van der Waals surface area contributed by atoms with E-state index in [1.165, 1.54) is 0 Å². The van der Waals surface area contributed by atoms with Crippen LogP contribution < -0.4 is 5.32 Å². The second kappa shape index (κ2) is 9.41. The molecule has 0 unspecified atom stereocenters. The van der Waals surface area contributed by atoms with Crippen molar-refractivity contribution < 1.29 is 0 Å². The van der Waals surface area contributed by atoms with E-state index in [4.69, 9.17) is 0 Å². The van der Waals surface area contributed by atoms with Gasteiger partial charge in [-0.2, -0.15) is 12.6 Å². The average molecular weight is 221 g/mol. The lowest BCUT2D eigenvalue weighted by Gasteiger charge is -2.06. The van der Waals surface area contributed by atoms with Crippen LogP contribution in [-0.2, 0) is 0 Å². The maximum Gasteiger partial charge on any atom is 0.0380 e. The van der Waals surface area contributed by atoms with Gasteiger partial charge < -0.3 is 5.32 Å². The largest absolute Gasteiger partial charge is 0.356 e. The summed E-state index contributed by atoms with van der Waals surface area (Å²) in [5.74, 6) is 0. The van der Waals surface area contributed by atoms with Crippen molar-refractivity contribution in [3.8, 4) is 0 Å². The van der Waals surface area contributed by atoms with Crippen LogP contribution in [0.2, 0.25) is 0 Å². The van der Waals surface area contributed by atoms with Crippen LogP contribution in [0.3, 0.4) is 0 Å². The number of rotatable bonds is 5. The predicted octanol–water partition coefficient (Wildman–Crippen LogP) is 3.96. The van der Waals surface area contributed by atoms with Crippen LogP contribution in [0.4, 0.5) is 0 Å². The summed E-state index contributed by atoms with van der Waals surface area (Å²) < 4.78 is 0. The van der Waals surface area contributed by atoms with Crippen LogP contribution in [0.1, 0.15) is 20.8 Å². The predicted molar refractivity (Wildman–Crippen MR) is 72.7 cm³/mol. The Hall–Kier alpha value is -1.15. The first-order valence-corrected chi connectivity index (χ1v) is 5.49. The highest BCUT2D eigenvalue weighted by molar-refractivity contribution is 7.83. The molecule has 0 spiro atoms. The minimum Gasteiger partial charge on any atom is -0.356 e. The molecule has 0 radical (unpaired) electrons. The van der Waals surface area contributed by atoms with Crippen molar-refractivity contribution in [2.75, 3.05) is 0 Å². The second-order valence-electron chi connectivity index (χ2n) is 2.83. The number of hydrogen-bond acceptors (Lipinski definition) is 2. The first-order chi connectivity index (χ1) is 7.28. The SMILES string of the molecule is C\C=C/C=C(\C=C/C)NC(/C=C\S)=C/C. The van der Waals surface area contributed by atoms with E-state index in [0.29, 0.717) is 0 Å². The van der Waals surface area contributed by atoms with E-state index in [0.717, 1.165) is 11.4 Å². The minimum absolute atomic E-state index is 1.03. The molecule has 0 bridgehead atoms. The normalized spacial score (nSPS) is 14.7. The third-order valence-corrected chi connectivity index (χ3v) is 1.82. The molecular weight excluding hydrogens is 202 g/mol. The first kappa shape index (κ1) is 13.8. The van der Waals surface area contributed by atoms with Crippen molar-refractivity contribution in [2.24, 2.45) is 0 Å². The maximum absolute atomic E-state index is 4.05. The van der Waals surface area contributed by atoms with Crippen LogP contribution >= 0.6 is 12.6 Å². The fourth-order valence-electron chi connectivity index (χ4n) is 0.975. The highest BCUT2D eigenvalue weighted by Gasteiger charge is 1.91. The lowest BCUT2D eigenvalue weighted by Crippen LogP contribution is -2.09. The molecule has 15 heavy (non-hydrogen) atoms. The lowest BCUT2D eigenvalue weighted by atomic mass is 10.3. The third-order valence-electron chi connectivity index (χ3n) is 1.67. The van der Waals surface area contributed by atoms with Gasteiger partial charge in [-0.25, -0.2) is 0 Å². The zero-order chi connectivity index (χ0) is 11.5. The Balaban J connectivity index is 4.67. The molecule has 0 aromatic heterocycles. The summed E-state index contributed by atoms with van der Waals surface area (Å²) in [6, 6.07) is 0. The summed E-state index contributed by atoms with van der Waals surface area (Å²) in [5, 5.41) is 5.00. The van der Waals surface area contributed by atoms with Gasteiger partial charge in [0.25, 0.3) is 0 Å². The van der Waals surface area contributed by atoms with Crippen LogP contribution in [0.15, 0.2) is 59.3 Å². The number of allylic oxidation sites excluding steroid dienone is 7. The van der Waals surface area contributed by atoms with Gasteiger partial charge in [0.05, 0.1) is 0 Å². The van der Waals surface area contributed by atoms with Crippen molar-refractivity contribution in [1.29, 1.82) is 0 Å². The molecule has 1 nitrogen and oxygen atoms in total. The van der Waals surface area contributed by atoms with Gasteiger partial charge in [-0.05, 0) is 44.4 Å². The Morgan fingerprint density at radius 1 is 1.00 bits per heavy atom. The van der Waals surface area contributed by atoms with Crippen LogP contribution in [0.25, 0.3) is 0 Å². The van der Waals surface area contributed by atoms with E-state index in [2.05, 4.69) is 17.9 Å². The van der Waals surface area contributed by atoms with Gasteiger partial charge in [0.2, 0.25) is 0 Å². The molecule has 2 heteroatoms.